The first kappa shape index (κ1) is 20.9. The molecule has 0 aliphatic carbocycles. The quantitative estimate of drug-likeness (QED) is 0.373. The number of ether oxygens (including phenoxy) is 1. The van der Waals surface area contributed by atoms with E-state index in [-0.39, 0.29) is 18.6 Å². The van der Waals surface area contributed by atoms with Gasteiger partial charge in [-0.05, 0) is 48.7 Å². The largest absolute Gasteiger partial charge is 0.541 e. The zero-order chi connectivity index (χ0) is 22.6. The van der Waals surface area contributed by atoms with Crippen molar-refractivity contribution in [3.05, 3.63) is 56.9 Å². The number of aromatic nitrogens is 2. The number of pyridine rings is 2. The van der Waals surface area contributed by atoms with E-state index in [2.05, 4.69) is 13.8 Å². The average molecular weight is 449 g/mol. The van der Waals surface area contributed by atoms with Crippen molar-refractivity contribution >= 4 is 26.6 Å². The number of carbonyl (C=O) groups is 1. The van der Waals surface area contributed by atoms with E-state index >= 15 is 0 Å². The lowest BCUT2D eigenvalue weighted by Crippen LogP contribution is -2.44. The van der Waals surface area contributed by atoms with Gasteiger partial charge in [0.05, 0.1) is 29.0 Å². The van der Waals surface area contributed by atoms with Gasteiger partial charge in [0.1, 0.15) is 12.4 Å². The molecule has 2 radical (unpaired) electrons. The monoisotopic (exact) mass is 448 g/mol. The molecule has 0 bridgehead atoms. The van der Waals surface area contributed by atoms with E-state index in [1.807, 2.05) is 18.2 Å². The zero-order valence-electron chi connectivity index (χ0n) is 18.3. The van der Waals surface area contributed by atoms with Crippen molar-refractivity contribution in [3.63, 3.8) is 0 Å². The number of nitrogens with zero attached hydrogens (tertiary/aromatic N) is 2. The summed E-state index contributed by atoms with van der Waals surface area (Å²) < 4.78 is 12.7. The van der Waals surface area contributed by atoms with E-state index < -0.39 is 11.6 Å². The highest BCUT2D eigenvalue weighted by Gasteiger charge is 2.45. The molecule has 0 saturated heterocycles. The SMILES string of the molecule is CC[Si]Oc1ccc2nc3c(c(CC)c2c1)Cn1c-3cc2c(c1=O)COC(=O)[C@]2(O)CC. The number of rotatable bonds is 5. The van der Waals surface area contributed by atoms with Gasteiger partial charge < -0.3 is 18.8 Å². The predicted octanol–water partition coefficient (Wildman–Crippen LogP) is 3.08. The Hall–Kier alpha value is -2.97. The van der Waals surface area contributed by atoms with Crippen molar-refractivity contribution in [1.29, 1.82) is 0 Å². The molecule has 0 amide bonds. The summed E-state index contributed by atoms with van der Waals surface area (Å²) in [4.78, 5) is 30.6. The summed E-state index contributed by atoms with van der Waals surface area (Å²) in [6.45, 7) is 6.16. The van der Waals surface area contributed by atoms with Gasteiger partial charge in [-0.25, -0.2) is 9.78 Å². The molecule has 2 aliphatic heterocycles. The smallest absolute Gasteiger partial charge is 0.343 e. The highest BCUT2D eigenvalue weighted by Crippen LogP contribution is 2.40. The average Bonchev–Trinajstić information content (AvgIpc) is 3.17. The molecule has 164 valence electrons. The third kappa shape index (κ3) is 2.86. The third-order valence-electron chi connectivity index (χ3n) is 6.47. The van der Waals surface area contributed by atoms with Crippen LogP contribution in [0.1, 0.15) is 49.4 Å². The molecule has 2 aromatic heterocycles. The minimum absolute atomic E-state index is 0.124. The van der Waals surface area contributed by atoms with Crippen LogP contribution in [0.25, 0.3) is 22.3 Å². The maximum Gasteiger partial charge on any atom is 0.343 e. The number of esters is 1. The van der Waals surface area contributed by atoms with Crippen LogP contribution in [-0.4, -0.2) is 30.4 Å². The number of aliphatic hydroxyl groups is 1. The molecular weight excluding hydrogens is 424 g/mol. The lowest BCUT2D eigenvalue weighted by atomic mass is 9.86. The molecule has 1 N–H and O–H groups in total. The topological polar surface area (TPSA) is 90.7 Å². The molecule has 32 heavy (non-hydrogen) atoms. The minimum atomic E-state index is -1.82. The molecule has 1 aromatic carbocycles. The summed E-state index contributed by atoms with van der Waals surface area (Å²) in [6, 6.07) is 8.61. The first-order chi connectivity index (χ1) is 15.4. The normalized spacial score (nSPS) is 18.8. The second kappa shape index (κ2) is 7.56. The van der Waals surface area contributed by atoms with Crippen LogP contribution in [-0.2, 0) is 34.7 Å². The molecule has 0 unspecified atom stereocenters. The Kier molecular flexibility index (Phi) is 4.94. The molecule has 0 fully saturated rings. The fraction of sp³-hybridized carbons (Fsp3) is 0.375. The first-order valence-corrected chi connectivity index (χ1v) is 12.1. The molecule has 7 nitrogen and oxygen atoms in total. The summed E-state index contributed by atoms with van der Waals surface area (Å²) in [5.74, 6) is 0.108. The number of aryl methyl sites for hydroxylation is 1. The fourth-order valence-electron chi connectivity index (χ4n) is 4.76. The van der Waals surface area contributed by atoms with Gasteiger partial charge in [0.15, 0.2) is 5.60 Å². The zero-order valence-corrected chi connectivity index (χ0v) is 19.3. The van der Waals surface area contributed by atoms with E-state index in [1.165, 1.54) is 0 Å². The Bertz CT molecular complexity index is 1330. The fourth-order valence-corrected chi connectivity index (χ4v) is 5.20. The molecule has 1 atom stereocenters. The lowest BCUT2D eigenvalue weighted by Gasteiger charge is -2.31. The van der Waals surface area contributed by atoms with Crippen LogP contribution in [0.2, 0.25) is 6.04 Å². The molecule has 5 rings (SSSR count). The number of benzene rings is 1. The molecular formula is C24H24N2O5Si. The van der Waals surface area contributed by atoms with Crippen molar-refractivity contribution in [2.45, 2.75) is 58.4 Å². The van der Waals surface area contributed by atoms with Crippen molar-refractivity contribution in [3.8, 4) is 17.1 Å². The van der Waals surface area contributed by atoms with Crippen molar-refractivity contribution in [2.24, 2.45) is 0 Å². The van der Waals surface area contributed by atoms with Gasteiger partial charge in [0, 0.05) is 16.5 Å². The van der Waals surface area contributed by atoms with Crippen LogP contribution in [0.3, 0.4) is 0 Å². The first-order valence-electron chi connectivity index (χ1n) is 10.9. The van der Waals surface area contributed by atoms with Crippen LogP contribution < -0.4 is 9.99 Å². The van der Waals surface area contributed by atoms with Gasteiger partial charge in [0.2, 0.25) is 0 Å². The van der Waals surface area contributed by atoms with E-state index in [1.54, 1.807) is 17.6 Å². The van der Waals surface area contributed by atoms with Gasteiger partial charge in [-0.1, -0.05) is 20.8 Å². The standard InChI is InChI=1S/C24H24N2O5Si/c1-4-14-15-9-13(31-32-6-3)7-8-19(15)25-21-16(14)11-26-20(21)10-18-17(22(26)27)12-30-23(28)24(18,29)5-2/h7-10,29H,4-6,11-12H2,1-3H3/t24-/m0/s1. The highest BCUT2D eigenvalue weighted by atomic mass is 28.2. The highest BCUT2D eigenvalue weighted by molar-refractivity contribution is 6.28. The molecule has 2 aliphatic rings. The van der Waals surface area contributed by atoms with Gasteiger partial charge in [0.25, 0.3) is 5.56 Å². The molecule has 0 spiro atoms. The summed E-state index contributed by atoms with van der Waals surface area (Å²) in [6.07, 6.45) is 0.908. The maximum absolute atomic E-state index is 13.4. The number of hydrogen-bond donors (Lipinski definition) is 1. The number of fused-ring (bicyclic) bond motifs is 5. The van der Waals surface area contributed by atoms with Crippen LogP contribution in [0.4, 0.5) is 0 Å². The predicted molar refractivity (Wildman–Crippen MR) is 121 cm³/mol. The number of carbonyl (C=O) groups excluding carboxylic acids is 1. The van der Waals surface area contributed by atoms with Crippen molar-refractivity contribution in [2.75, 3.05) is 0 Å². The molecule has 8 heteroatoms. The Morgan fingerprint density at radius 3 is 2.75 bits per heavy atom. The van der Waals surface area contributed by atoms with Crippen molar-refractivity contribution < 1.29 is 19.1 Å². The Morgan fingerprint density at radius 2 is 2.03 bits per heavy atom. The summed E-state index contributed by atoms with van der Waals surface area (Å²) in [7, 11) is 0.406. The summed E-state index contributed by atoms with van der Waals surface area (Å²) >= 11 is 0. The maximum atomic E-state index is 13.4. The van der Waals surface area contributed by atoms with Crippen LogP contribution in [0, 0.1) is 0 Å². The van der Waals surface area contributed by atoms with E-state index in [9.17, 15) is 14.7 Å². The number of hydrogen-bond acceptors (Lipinski definition) is 6. The minimum Gasteiger partial charge on any atom is -0.541 e. The van der Waals surface area contributed by atoms with Crippen LogP contribution in [0.5, 0.6) is 5.75 Å². The second-order valence-electron chi connectivity index (χ2n) is 8.15. The molecule has 3 aromatic rings. The Labute approximate surface area is 187 Å². The van der Waals surface area contributed by atoms with Gasteiger partial charge in [-0.15, -0.1) is 0 Å². The third-order valence-corrected chi connectivity index (χ3v) is 7.13. The van der Waals surface area contributed by atoms with Gasteiger partial charge >= 0.3 is 15.7 Å². The van der Waals surface area contributed by atoms with Crippen LogP contribution in [0.15, 0.2) is 29.1 Å². The van der Waals surface area contributed by atoms with Crippen molar-refractivity contribution in [1.82, 2.24) is 9.55 Å². The van der Waals surface area contributed by atoms with E-state index in [4.69, 9.17) is 14.1 Å². The molecule has 0 saturated carbocycles. The van der Waals surface area contributed by atoms with E-state index in [0.717, 1.165) is 45.9 Å². The number of cyclic esters (lactones) is 1. The van der Waals surface area contributed by atoms with Gasteiger partial charge in [-0.3, -0.25) is 4.79 Å². The van der Waals surface area contributed by atoms with Gasteiger partial charge in [-0.2, -0.15) is 0 Å². The van der Waals surface area contributed by atoms with E-state index in [0.29, 0.717) is 33.1 Å². The van der Waals surface area contributed by atoms with Crippen LogP contribution >= 0.6 is 0 Å². The lowest BCUT2D eigenvalue weighted by molar-refractivity contribution is -0.172. The Morgan fingerprint density at radius 1 is 1.22 bits per heavy atom. The summed E-state index contributed by atoms with van der Waals surface area (Å²) in [5.41, 5.74) is 2.95. The Balaban J connectivity index is 1.74. The second-order valence-corrected chi connectivity index (χ2v) is 9.35. The molecule has 4 heterocycles. The summed E-state index contributed by atoms with van der Waals surface area (Å²) in [5, 5.41) is 12.0.